The Bertz CT molecular complexity index is 245. The van der Waals surface area contributed by atoms with Gasteiger partial charge in [-0.25, -0.2) is 0 Å². The number of rotatable bonds is 5. The molecule has 4 nitrogen and oxygen atoms in total. The minimum absolute atomic E-state index is 0.647. The van der Waals surface area contributed by atoms with E-state index < -0.39 is 0 Å². The highest BCUT2D eigenvalue weighted by Crippen LogP contribution is 2.06. The largest absolute Gasteiger partial charge is 0.338 e. The summed E-state index contributed by atoms with van der Waals surface area (Å²) in [5.74, 6) is 2.17. The molecule has 0 aromatic carbocycles. The van der Waals surface area contributed by atoms with Crippen LogP contribution in [0, 0.1) is 5.92 Å². The van der Waals surface area contributed by atoms with E-state index in [0.717, 1.165) is 18.7 Å². The van der Waals surface area contributed by atoms with Gasteiger partial charge < -0.3 is 9.84 Å². The summed E-state index contributed by atoms with van der Waals surface area (Å²) in [5.41, 5.74) is 0. The third-order valence-electron chi connectivity index (χ3n) is 1.78. The molecule has 0 spiro atoms. The molecule has 13 heavy (non-hydrogen) atoms. The first kappa shape index (κ1) is 10.2. The van der Waals surface area contributed by atoms with E-state index in [0.29, 0.717) is 18.4 Å². The molecule has 0 unspecified atom stereocenters. The fourth-order valence-electron chi connectivity index (χ4n) is 1.03. The van der Waals surface area contributed by atoms with Crippen LogP contribution in [0.1, 0.15) is 32.0 Å². The predicted molar refractivity (Wildman–Crippen MR) is 50.2 cm³/mol. The Labute approximate surface area is 78.7 Å². The topological polar surface area (TPSA) is 51.0 Å². The fourth-order valence-corrected chi connectivity index (χ4v) is 1.03. The first-order chi connectivity index (χ1) is 6.22. The molecular formula is C9H17N3O. The molecule has 0 amide bonds. The van der Waals surface area contributed by atoms with Gasteiger partial charge in [0.1, 0.15) is 0 Å². The number of aryl methyl sites for hydroxylation is 1. The Hall–Kier alpha value is -0.900. The van der Waals surface area contributed by atoms with Gasteiger partial charge in [0.15, 0.2) is 5.82 Å². The molecule has 74 valence electrons. The van der Waals surface area contributed by atoms with Crippen LogP contribution in [-0.2, 0) is 13.0 Å². The molecule has 0 saturated carbocycles. The Morgan fingerprint density at radius 3 is 2.85 bits per heavy atom. The van der Waals surface area contributed by atoms with Gasteiger partial charge in [-0.05, 0) is 19.4 Å². The molecule has 0 radical (unpaired) electrons. The van der Waals surface area contributed by atoms with Gasteiger partial charge in [0.25, 0.3) is 0 Å². The van der Waals surface area contributed by atoms with Crippen LogP contribution in [0.5, 0.6) is 0 Å². The highest BCUT2D eigenvalue weighted by Gasteiger charge is 2.05. The molecule has 0 saturated heterocycles. The van der Waals surface area contributed by atoms with Crippen molar-refractivity contribution in [2.75, 3.05) is 7.05 Å². The second-order valence-electron chi connectivity index (χ2n) is 3.57. The predicted octanol–water partition coefficient (Wildman–Crippen LogP) is 1.38. The van der Waals surface area contributed by atoms with E-state index in [1.165, 1.54) is 0 Å². The van der Waals surface area contributed by atoms with Crippen LogP contribution in [0.15, 0.2) is 4.52 Å². The lowest BCUT2D eigenvalue weighted by Crippen LogP contribution is -2.05. The minimum Gasteiger partial charge on any atom is -0.338 e. The number of nitrogens with zero attached hydrogens (tertiary/aromatic N) is 2. The lowest BCUT2D eigenvalue weighted by atomic mass is 10.1. The van der Waals surface area contributed by atoms with E-state index in [4.69, 9.17) is 4.52 Å². The fraction of sp³-hybridized carbons (Fsp3) is 0.778. The zero-order valence-electron chi connectivity index (χ0n) is 8.50. The molecule has 4 heteroatoms. The molecule has 0 aliphatic heterocycles. The van der Waals surface area contributed by atoms with Gasteiger partial charge in [0.05, 0.1) is 6.54 Å². The maximum atomic E-state index is 5.01. The summed E-state index contributed by atoms with van der Waals surface area (Å²) < 4.78 is 5.01. The smallest absolute Gasteiger partial charge is 0.240 e. The maximum absolute atomic E-state index is 5.01. The molecule has 0 fully saturated rings. The summed E-state index contributed by atoms with van der Waals surface area (Å²) in [5, 5.41) is 6.85. The van der Waals surface area contributed by atoms with Crippen LogP contribution in [0.3, 0.4) is 0 Å². The molecule has 1 N–H and O–H groups in total. The SMILES string of the molecule is CNCc1nc(CCC(C)C)no1. The summed E-state index contributed by atoms with van der Waals surface area (Å²) in [6, 6.07) is 0. The zero-order valence-corrected chi connectivity index (χ0v) is 8.50. The Kier molecular flexibility index (Phi) is 3.89. The molecule has 1 aromatic rings. The Balaban J connectivity index is 2.39. The molecule has 1 rings (SSSR count). The molecule has 1 heterocycles. The first-order valence-corrected chi connectivity index (χ1v) is 4.68. The van der Waals surface area contributed by atoms with E-state index in [2.05, 4.69) is 29.3 Å². The van der Waals surface area contributed by atoms with E-state index in [1.54, 1.807) is 0 Å². The van der Waals surface area contributed by atoms with Crippen molar-refractivity contribution in [1.29, 1.82) is 0 Å². The van der Waals surface area contributed by atoms with Crippen molar-refractivity contribution >= 4 is 0 Å². The first-order valence-electron chi connectivity index (χ1n) is 4.68. The monoisotopic (exact) mass is 183 g/mol. The molecule has 1 aromatic heterocycles. The number of hydrogen-bond acceptors (Lipinski definition) is 4. The lowest BCUT2D eigenvalue weighted by molar-refractivity contribution is 0.365. The highest BCUT2D eigenvalue weighted by atomic mass is 16.5. The van der Waals surface area contributed by atoms with Gasteiger partial charge in [-0.15, -0.1) is 0 Å². The molecule has 0 bridgehead atoms. The van der Waals surface area contributed by atoms with Crippen molar-refractivity contribution in [1.82, 2.24) is 15.5 Å². The van der Waals surface area contributed by atoms with E-state index >= 15 is 0 Å². The number of hydrogen-bond donors (Lipinski definition) is 1. The van der Waals surface area contributed by atoms with Gasteiger partial charge in [-0.2, -0.15) is 4.98 Å². The normalized spacial score (nSPS) is 11.1. The van der Waals surface area contributed by atoms with E-state index in [9.17, 15) is 0 Å². The third kappa shape index (κ3) is 3.55. The number of aromatic nitrogens is 2. The quantitative estimate of drug-likeness (QED) is 0.749. The van der Waals surface area contributed by atoms with Crippen molar-refractivity contribution in [3.63, 3.8) is 0 Å². The van der Waals surface area contributed by atoms with Gasteiger partial charge in [0.2, 0.25) is 5.89 Å². The minimum atomic E-state index is 0.647. The van der Waals surface area contributed by atoms with Gasteiger partial charge in [-0.1, -0.05) is 19.0 Å². The van der Waals surface area contributed by atoms with Crippen LogP contribution in [0.4, 0.5) is 0 Å². The van der Waals surface area contributed by atoms with E-state index in [-0.39, 0.29) is 0 Å². The standard InChI is InChI=1S/C9H17N3O/c1-7(2)4-5-8-11-9(6-10-3)13-12-8/h7,10H,4-6H2,1-3H3. The van der Waals surface area contributed by atoms with Gasteiger partial charge >= 0.3 is 0 Å². The zero-order chi connectivity index (χ0) is 9.68. The molecular weight excluding hydrogens is 166 g/mol. The summed E-state index contributed by atoms with van der Waals surface area (Å²) in [6.45, 7) is 5.03. The van der Waals surface area contributed by atoms with Gasteiger partial charge in [0, 0.05) is 6.42 Å². The van der Waals surface area contributed by atoms with Crippen molar-refractivity contribution in [2.45, 2.75) is 33.2 Å². The summed E-state index contributed by atoms with van der Waals surface area (Å²) in [7, 11) is 1.86. The maximum Gasteiger partial charge on any atom is 0.240 e. The second kappa shape index (κ2) is 4.97. The molecule has 0 atom stereocenters. The van der Waals surface area contributed by atoms with Gasteiger partial charge in [-0.3, -0.25) is 0 Å². The van der Waals surface area contributed by atoms with Crippen LogP contribution in [0.25, 0.3) is 0 Å². The molecule has 0 aliphatic rings. The van der Waals surface area contributed by atoms with Crippen molar-refractivity contribution in [3.8, 4) is 0 Å². The third-order valence-corrected chi connectivity index (χ3v) is 1.78. The van der Waals surface area contributed by atoms with Crippen molar-refractivity contribution < 1.29 is 4.52 Å². The Morgan fingerprint density at radius 2 is 2.23 bits per heavy atom. The average molecular weight is 183 g/mol. The van der Waals surface area contributed by atoms with E-state index in [1.807, 2.05) is 7.05 Å². The highest BCUT2D eigenvalue weighted by molar-refractivity contribution is 4.86. The second-order valence-corrected chi connectivity index (χ2v) is 3.57. The van der Waals surface area contributed by atoms with Crippen LogP contribution in [0.2, 0.25) is 0 Å². The summed E-state index contributed by atoms with van der Waals surface area (Å²) in [4.78, 5) is 4.23. The van der Waals surface area contributed by atoms with Crippen molar-refractivity contribution in [2.24, 2.45) is 5.92 Å². The Morgan fingerprint density at radius 1 is 1.46 bits per heavy atom. The van der Waals surface area contributed by atoms with Crippen LogP contribution >= 0.6 is 0 Å². The van der Waals surface area contributed by atoms with Crippen LogP contribution < -0.4 is 5.32 Å². The summed E-state index contributed by atoms with van der Waals surface area (Å²) >= 11 is 0. The average Bonchev–Trinajstić information content (AvgIpc) is 2.50. The summed E-state index contributed by atoms with van der Waals surface area (Å²) in [6.07, 6.45) is 2.02. The van der Waals surface area contributed by atoms with Crippen LogP contribution in [-0.4, -0.2) is 17.2 Å². The number of nitrogens with one attached hydrogen (secondary N) is 1. The lowest BCUT2D eigenvalue weighted by Gasteiger charge is -1.98. The molecule has 0 aliphatic carbocycles. The van der Waals surface area contributed by atoms with Crippen molar-refractivity contribution in [3.05, 3.63) is 11.7 Å².